The van der Waals surface area contributed by atoms with Gasteiger partial charge in [0.15, 0.2) is 0 Å². The third-order valence-electron chi connectivity index (χ3n) is 3.06. The number of rotatable bonds is 6. The quantitative estimate of drug-likeness (QED) is 0.814. The molecule has 1 atom stereocenters. The van der Waals surface area contributed by atoms with Crippen LogP contribution >= 0.6 is 0 Å². The molecule has 0 spiro atoms. The first-order valence-electron chi connectivity index (χ1n) is 6.51. The Labute approximate surface area is 106 Å². The average molecular weight is 234 g/mol. The summed E-state index contributed by atoms with van der Waals surface area (Å²) < 4.78 is 0. The fourth-order valence-corrected chi connectivity index (χ4v) is 1.82. The van der Waals surface area contributed by atoms with Crippen LogP contribution in [0.4, 0.5) is 5.69 Å². The first-order chi connectivity index (χ1) is 8.00. The second-order valence-electron chi connectivity index (χ2n) is 5.35. The third kappa shape index (κ3) is 4.78. The molecule has 0 bridgehead atoms. The Morgan fingerprint density at radius 2 is 1.88 bits per heavy atom. The standard InChI is InChI=1S/C15H26N2/c1-12(2)10-16-11-14(4)17(5)15-8-6-7-13(3)9-15/h6-9,12,14,16H,10-11H2,1-5H3. The lowest BCUT2D eigenvalue weighted by Crippen LogP contribution is -2.39. The molecule has 1 aromatic rings. The van der Waals surface area contributed by atoms with Crippen molar-refractivity contribution in [2.24, 2.45) is 5.92 Å². The molecular formula is C15H26N2. The highest BCUT2D eigenvalue weighted by Gasteiger charge is 2.09. The van der Waals surface area contributed by atoms with E-state index in [0.29, 0.717) is 12.0 Å². The monoisotopic (exact) mass is 234 g/mol. The van der Waals surface area contributed by atoms with Crippen LogP contribution in [-0.2, 0) is 0 Å². The summed E-state index contributed by atoms with van der Waals surface area (Å²) in [6.07, 6.45) is 0. The zero-order chi connectivity index (χ0) is 12.8. The van der Waals surface area contributed by atoms with E-state index >= 15 is 0 Å². The maximum absolute atomic E-state index is 3.51. The largest absolute Gasteiger partial charge is 0.371 e. The molecule has 1 rings (SSSR count). The predicted octanol–water partition coefficient (Wildman–Crippen LogP) is 3.07. The van der Waals surface area contributed by atoms with Crippen LogP contribution in [0.5, 0.6) is 0 Å². The molecule has 17 heavy (non-hydrogen) atoms. The Morgan fingerprint density at radius 1 is 1.18 bits per heavy atom. The van der Waals surface area contributed by atoms with Crippen molar-refractivity contribution in [3.8, 4) is 0 Å². The van der Waals surface area contributed by atoms with E-state index in [4.69, 9.17) is 0 Å². The van der Waals surface area contributed by atoms with Crippen molar-refractivity contribution in [2.75, 3.05) is 25.0 Å². The molecule has 0 aliphatic carbocycles. The number of hydrogen-bond acceptors (Lipinski definition) is 2. The second-order valence-corrected chi connectivity index (χ2v) is 5.35. The highest BCUT2D eigenvalue weighted by molar-refractivity contribution is 5.48. The highest BCUT2D eigenvalue weighted by Crippen LogP contribution is 2.16. The molecule has 2 heteroatoms. The van der Waals surface area contributed by atoms with Gasteiger partial charge in [0.25, 0.3) is 0 Å². The van der Waals surface area contributed by atoms with Gasteiger partial charge in [-0.15, -0.1) is 0 Å². The zero-order valence-electron chi connectivity index (χ0n) is 11.8. The lowest BCUT2D eigenvalue weighted by Gasteiger charge is -2.28. The van der Waals surface area contributed by atoms with Gasteiger partial charge in [-0.1, -0.05) is 26.0 Å². The van der Waals surface area contributed by atoms with Crippen molar-refractivity contribution in [3.63, 3.8) is 0 Å². The normalized spacial score (nSPS) is 12.8. The van der Waals surface area contributed by atoms with Gasteiger partial charge in [0.2, 0.25) is 0 Å². The molecule has 0 fully saturated rings. The van der Waals surface area contributed by atoms with Gasteiger partial charge in [-0.3, -0.25) is 0 Å². The lowest BCUT2D eigenvalue weighted by molar-refractivity contribution is 0.518. The predicted molar refractivity (Wildman–Crippen MR) is 76.8 cm³/mol. The van der Waals surface area contributed by atoms with E-state index in [9.17, 15) is 0 Å². The van der Waals surface area contributed by atoms with Crippen molar-refractivity contribution in [1.82, 2.24) is 5.32 Å². The average Bonchev–Trinajstić information content (AvgIpc) is 2.27. The Hall–Kier alpha value is -1.02. The molecule has 1 unspecified atom stereocenters. The molecule has 1 aromatic carbocycles. The van der Waals surface area contributed by atoms with E-state index in [1.807, 2.05) is 0 Å². The number of nitrogens with one attached hydrogen (secondary N) is 1. The summed E-state index contributed by atoms with van der Waals surface area (Å²) in [4.78, 5) is 2.33. The third-order valence-corrected chi connectivity index (χ3v) is 3.06. The number of aryl methyl sites for hydroxylation is 1. The molecule has 0 radical (unpaired) electrons. The van der Waals surface area contributed by atoms with Crippen LogP contribution in [0, 0.1) is 12.8 Å². The van der Waals surface area contributed by atoms with Crippen molar-refractivity contribution < 1.29 is 0 Å². The SMILES string of the molecule is Cc1cccc(N(C)C(C)CNCC(C)C)c1. The van der Waals surface area contributed by atoms with E-state index < -0.39 is 0 Å². The Bertz CT molecular complexity index is 333. The van der Waals surface area contributed by atoms with Gasteiger partial charge in [-0.25, -0.2) is 0 Å². The van der Waals surface area contributed by atoms with Crippen molar-refractivity contribution >= 4 is 5.69 Å². The fraction of sp³-hybridized carbons (Fsp3) is 0.600. The van der Waals surface area contributed by atoms with Crippen LogP contribution in [0.15, 0.2) is 24.3 Å². The van der Waals surface area contributed by atoms with Crippen molar-refractivity contribution in [1.29, 1.82) is 0 Å². The summed E-state index contributed by atoms with van der Waals surface area (Å²) in [7, 11) is 2.16. The first-order valence-corrected chi connectivity index (χ1v) is 6.51. The molecule has 96 valence electrons. The number of hydrogen-bond donors (Lipinski definition) is 1. The Balaban J connectivity index is 2.48. The summed E-state index contributed by atoms with van der Waals surface area (Å²) in [5.74, 6) is 0.714. The van der Waals surface area contributed by atoms with Crippen LogP contribution in [0.2, 0.25) is 0 Å². The number of nitrogens with zero attached hydrogens (tertiary/aromatic N) is 1. The van der Waals surface area contributed by atoms with Gasteiger partial charge < -0.3 is 10.2 Å². The maximum Gasteiger partial charge on any atom is 0.0383 e. The number of anilines is 1. The smallest absolute Gasteiger partial charge is 0.0383 e. The second kappa shape index (κ2) is 6.65. The van der Waals surface area contributed by atoms with E-state index in [0.717, 1.165) is 13.1 Å². The minimum atomic E-state index is 0.510. The van der Waals surface area contributed by atoms with Crippen molar-refractivity contribution in [3.05, 3.63) is 29.8 Å². The van der Waals surface area contributed by atoms with Crippen LogP contribution in [0.25, 0.3) is 0 Å². The van der Waals surface area contributed by atoms with Gasteiger partial charge in [0.05, 0.1) is 0 Å². The number of benzene rings is 1. The lowest BCUT2D eigenvalue weighted by atomic mass is 10.1. The van der Waals surface area contributed by atoms with Crippen LogP contribution in [-0.4, -0.2) is 26.2 Å². The van der Waals surface area contributed by atoms with Gasteiger partial charge in [-0.05, 0) is 44.0 Å². The summed E-state index contributed by atoms with van der Waals surface area (Å²) in [5, 5.41) is 3.51. The summed E-state index contributed by atoms with van der Waals surface area (Å²) in [6, 6.07) is 9.18. The summed E-state index contributed by atoms with van der Waals surface area (Å²) in [6.45, 7) is 11.0. The summed E-state index contributed by atoms with van der Waals surface area (Å²) >= 11 is 0. The topological polar surface area (TPSA) is 15.3 Å². The van der Waals surface area contributed by atoms with Crippen LogP contribution < -0.4 is 10.2 Å². The summed E-state index contributed by atoms with van der Waals surface area (Å²) in [5.41, 5.74) is 2.61. The highest BCUT2D eigenvalue weighted by atomic mass is 15.1. The minimum absolute atomic E-state index is 0.510. The number of likely N-dealkylation sites (N-methyl/N-ethyl adjacent to an activating group) is 1. The minimum Gasteiger partial charge on any atom is -0.371 e. The molecule has 2 nitrogen and oxygen atoms in total. The molecule has 0 aliphatic rings. The van der Waals surface area contributed by atoms with Crippen LogP contribution in [0.1, 0.15) is 26.3 Å². The van der Waals surface area contributed by atoms with E-state index in [1.54, 1.807) is 0 Å². The maximum atomic E-state index is 3.51. The molecule has 0 aromatic heterocycles. The molecule has 0 saturated carbocycles. The fourth-order valence-electron chi connectivity index (χ4n) is 1.82. The zero-order valence-corrected chi connectivity index (χ0v) is 11.8. The molecule has 0 saturated heterocycles. The van der Waals surface area contributed by atoms with Gasteiger partial charge >= 0.3 is 0 Å². The van der Waals surface area contributed by atoms with Gasteiger partial charge in [0.1, 0.15) is 0 Å². The van der Waals surface area contributed by atoms with Gasteiger partial charge in [0, 0.05) is 25.3 Å². The molecule has 0 heterocycles. The first kappa shape index (κ1) is 14.0. The van der Waals surface area contributed by atoms with Crippen molar-refractivity contribution in [2.45, 2.75) is 33.7 Å². The van der Waals surface area contributed by atoms with E-state index in [1.165, 1.54) is 11.3 Å². The molecular weight excluding hydrogens is 208 g/mol. The van der Waals surface area contributed by atoms with Gasteiger partial charge in [-0.2, -0.15) is 0 Å². The Kier molecular flexibility index (Phi) is 5.49. The van der Waals surface area contributed by atoms with E-state index in [-0.39, 0.29) is 0 Å². The van der Waals surface area contributed by atoms with Crippen LogP contribution in [0.3, 0.4) is 0 Å². The molecule has 0 amide bonds. The molecule has 0 aliphatic heterocycles. The van der Waals surface area contributed by atoms with E-state index in [2.05, 4.69) is 69.2 Å². The Morgan fingerprint density at radius 3 is 2.47 bits per heavy atom. The molecule has 1 N–H and O–H groups in total.